The predicted octanol–water partition coefficient (Wildman–Crippen LogP) is 3.59. The number of carbonyl (C=O) groups is 1. The summed E-state index contributed by atoms with van der Waals surface area (Å²) in [4.78, 5) is 18.3. The molecule has 164 valence electrons. The Labute approximate surface area is 170 Å². The van der Waals surface area contributed by atoms with Crippen molar-refractivity contribution >= 4 is 27.5 Å². The third-order valence-corrected chi connectivity index (χ3v) is 6.08. The number of halogens is 6. The Morgan fingerprint density at radius 3 is 2.33 bits per heavy atom. The van der Waals surface area contributed by atoms with Gasteiger partial charge in [-0.05, 0) is 30.0 Å². The second-order valence-corrected chi connectivity index (χ2v) is 9.16. The standard InChI is InChI=1S/C16H13F6N3O3S2/c1-3-30(27,28)11-6-9(15(17,18)19)7-23-13(11)14(26)24-12-5-4-10(8-25(12)2)29-16(20,21)22/h4-8H,3H2,1-2H3/b24-12+. The molecule has 0 unspecified atom stereocenters. The largest absolute Gasteiger partial charge is 0.446 e. The molecule has 0 radical (unpaired) electrons. The third-order valence-electron chi connectivity index (χ3n) is 3.63. The van der Waals surface area contributed by atoms with E-state index in [-0.39, 0.29) is 10.4 Å². The van der Waals surface area contributed by atoms with Crippen LogP contribution in [-0.2, 0) is 23.1 Å². The highest BCUT2D eigenvalue weighted by atomic mass is 32.2. The number of rotatable bonds is 4. The van der Waals surface area contributed by atoms with E-state index in [0.29, 0.717) is 12.3 Å². The first kappa shape index (κ1) is 23.9. The summed E-state index contributed by atoms with van der Waals surface area (Å²) in [5, 5.41) is 0. The van der Waals surface area contributed by atoms with Crippen molar-refractivity contribution in [1.82, 2.24) is 9.55 Å². The molecule has 2 aromatic heterocycles. The first-order chi connectivity index (χ1) is 13.6. The van der Waals surface area contributed by atoms with E-state index in [0.717, 1.165) is 22.9 Å². The number of hydrogen-bond donors (Lipinski definition) is 0. The van der Waals surface area contributed by atoms with Gasteiger partial charge in [0.1, 0.15) is 11.2 Å². The normalized spacial score (nSPS) is 13.5. The Morgan fingerprint density at radius 2 is 1.83 bits per heavy atom. The molecule has 2 aromatic rings. The molecule has 0 saturated carbocycles. The third kappa shape index (κ3) is 5.84. The van der Waals surface area contributed by atoms with Gasteiger partial charge in [0.05, 0.1) is 16.2 Å². The van der Waals surface area contributed by atoms with Gasteiger partial charge in [0.25, 0.3) is 5.91 Å². The molecule has 0 aliphatic rings. The van der Waals surface area contributed by atoms with Crippen molar-refractivity contribution < 1.29 is 39.6 Å². The SMILES string of the molecule is CCS(=O)(=O)c1cc(C(F)(F)F)cnc1C(=O)/N=c1\ccc(SC(F)(F)F)cn1C. The molecule has 0 aliphatic heterocycles. The van der Waals surface area contributed by atoms with Gasteiger partial charge in [0, 0.05) is 24.3 Å². The lowest BCUT2D eigenvalue weighted by molar-refractivity contribution is -0.138. The van der Waals surface area contributed by atoms with E-state index < -0.39 is 61.1 Å². The lowest BCUT2D eigenvalue weighted by atomic mass is 10.2. The maximum Gasteiger partial charge on any atom is 0.446 e. The number of thioether (sulfide) groups is 1. The minimum Gasteiger partial charge on any atom is -0.335 e. The molecule has 0 fully saturated rings. The van der Waals surface area contributed by atoms with Gasteiger partial charge >= 0.3 is 11.7 Å². The van der Waals surface area contributed by atoms with E-state index in [2.05, 4.69) is 9.98 Å². The van der Waals surface area contributed by atoms with Crippen LogP contribution in [0.25, 0.3) is 0 Å². The molecule has 0 atom stereocenters. The van der Waals surface area contributed by atoms with Crippen molar-refractivity contribution in [2.45, 2.75) is 28.4 Å². The van der Waals surface area contributed by atoms with Crippen molar-refractivity contribution in [3.8, 4) is 0 Å². The van der Waals surface area contributed by atoms with E-state index in [1.54, 1.807) is 0 Å². The average molecular weight is 473 g/mol. The highest BCUT2D eigenvalue weighted by Gasteiger charge is 2.34. The van der Waals surface area contributed by atoms with Gasteiger partial charge in [-0.2, -0.15) is 31.3 Å². The molecule has 2 heterocycles. The maximum atomic E-state index is 12.9. The van der Waals surface area contributed by atoms with Crippen molar-refractivity contribution in [2.24, 2.45) is 12.0 Å². The average Bonchev–Trinajstić information content (AvgIpc) is 2.61. The van der Waals surface area contributed by atoms with Crippen LogP contribution in [0.2, 0.25) is 0 Å². The molecule has 1 amide bonds. The van der Waals surface area contributed by atoms with Crippen molar-refractivity contribution in [3.05, 3.63) is 47.3 Å². The Bertz CT molecular complexity index is 1140. The van der Waals surface area contributed by atoms with Crippen LogP contribution in [0.15, 0.2) is 45.4 Å². The number of alkyl halides is 6. The molecule has 6 nitrogen and oxygen atoms in total. The zero-order valence-electron chi connectivity index (χ0n) is 15.2. The van der Waals surface area contributed by atoms with E-state index in [9.17, 15) is 39.6 Å². The smallest absolute Gasteiger partial charge is 0.335 e. The summed E-state index contributed by atoms with van der Waals surface area (Å²) in [6.45, 7) is 1.18. The minimum atomic E-state index is -4.89. The molecule has 0 spiro atoms. The molecule has 0 saturated heterocycles. The van der Waals surface area contributed by atoms with E-state index >= 15 is 0 Å². The monoisotopic (exact) mass is 473 g/mol. The summed E-state index contributed by atoms with van der Waals surface area (Å²) in [6.07, 6.45) is -3.54. The molecular weight excluding hydrogens is 460 g/mol. The number of pyridine rings is 2. The quantitative estimate of drug-likeness (QED) is 0.501. The first-order valence-electron chi connectivity index (χ1n) is 7.95. The van der Waals surface area contributed by atoms with Gasteiger partial charge in [0.15, 0.2) is 9.84 Å². The molecule has 14 heteroatoms. The fraction of sp³-hybridized carbons (Fsp3) is 0.312. The first-order valence-corrected chi connectivity index (χ1v) is 10.4. The van der Waals surface area contributed by atoms with Crippen LogP contribution in [0.1, 0.15) is 23.0 Å². The number of aryl methyl sites for hydroxylation is 1. The zero-order chi connectivity index (χ0) is 22.9. The molecule has 2 rings (SSSR count). The Morgan fingerprint density at radius 1 is 1.20 bits per heavy atom. The van der Waals surface area contributed by atoms with Gasteiger partial charge < -0.3 is 4.57 Å². The van der Waals surface area contributed by atoms with Gasteiger partial charge in [0.2, 0.25) is 0 Å². The molecular formula is C16H13F6N3O3S2. The lowest BCUT2D eigenvalue weighted by Crippen LogP contribution is -2.21. The number of aromatic nitrogens is 2. The summed E-state index contributed by atoms with van der Waals surface area (Å²) in [7, 11) is -2.98. The Kier molecular flexibility index (Phi) is 6.71. The van der Waals surface area contributed by atoms with Crippen LogP contribution in [-0.4, -0.2) is 35.1 Å². The van der Waals surface area contributed by atoms with Crippen LogP contribution in [0.5, 0.6) is 0 Å². The minimum absolute atomic E-state index is 0.159. The van der Waals surface area contributed by atoms with Crippen LogP contribution in [0.4, 0.5) is 26.3 Å². The second kappa shape index (κ2) is 8.41. The van der Waals surface area contributed by atoms with Crippen LogP contribution < -0.4 is 5.49 Å². The fourth-order valence-electron chi connectivity index (χ4n) is 2.19. The Balaban J connectivity index is 2.56. The zero-order valence-corrected chi connectivity index (χ0v) is 16.9. The maximum absolute atomic E-state index is 12.9. The molecule has 30 heavy (non-hydrogen) atoms. The van der Waals surface area contributed by atoms with Gasteiger partial charge in [-0.25, -0.2) is 13.4 Å². The molecule has 0 aromatic carbocycles. The van der Waals surface area contributed by atoms with E-state index in [4.69, 9.17) is 0 Å². The number of carbonyl (C=O) groups excluding carboxylic acids is 1. The van der Waals surface area contributed by atoms with Crippen molar-refractivity contribution in [2.75, 3.05) is 5.75 Å². The molecule has 0 bridgehead atoms. The number of amides is 1. The van der Waals surface area contributed by atoms with Gasteiger partial charge in [-0.3, -0.25) is 4.79 Å². The number of hydrogen-bond acceptors (Lipinski definition) is 5. The highest BCUT2D eigenvalue weighted by Crippen LogP contribution is 2.36. The number of sulfone groups is 1. The summed E-state index contributed by atoms with van der Waals surface area (Å²) in [6, 6.07) is 2.41. The Hall–Kier alpha value is -2.35. The molecule has 0 N–H and O–H groups in total. The summed E-state index contributed by atoms with van der Waals surface area (Å²) in [5.41, 5.74) is -6.87. The van der Waals surface area contributed by atoms with E-state index in [1.807, 2.05) is 0 Å². The predicted molar refractivity (Wildman–Crippen MR) is 94.2 cm³/mol. The highest BCUT2D eigenvalue weighted by molar-refractivity contribution is 8.00. The second-order valence-electron chi connectivity index (χ2n) is 5.77. The van der Waals surface area contributed by atoms with E-state index in [1.165, 1.54) is 14.0 Å². The van der Waals surface area contributed by atoms with Crippen LogP contribution in [0, 0.1) is 0 Å². The topological polar surface area (TPSA) is 81.4 Å². The number of nitrogens with zero attached hydrogens (tertiary/aromatic N) is 3. The van der Waals surface area contributed by atoms with Gasteiger partial charge in [-0.1, -0.05) is 6.92 Å². The summed E-state index contributed by atoms with van der Waals surface area (Å²) in [5.74, 6) is -1.85. The molecule has 0 aliphatic carbocycles. The summed E-state index contributed by atoms with van der Waals surface area (Å²) < 4.78 is 102. The van der Waals surface area contributed by atoms with Gasteiger partial charge in [-0.15, -0.1) is 0 Å². The van der Waals surface area contributed by atoms with Crippen LogP contribution >= 0.6 is 11.8 Å². The van der Waals surface area contributed by atoms with Crippen LogP contribution in [0.3, 0.4) is 0 Å². The van der Waals surface area contributed by atoms with Crippen molar-refractivity contribution in [3.63, 3.8) is 0 Å². The lowest BCUT2D eigenvalue weighted by Gasteiger charge is -2.11. The summed E-state index contributed by atoms with van der Waals surface area (Å²) >= 11 is -0.394. The van der Waals surface area contributed by atoms with Crippen molar-refractivity contribution in [1.29, 1.82) is 0 Å². The fourth-order valence-corrected chi connectivity index (χ4v) is 3.86.